The quantitative estimate of drug-likeness (QED) is 0.684. The summed E-state index contributed by atoms with van der Waals surface area (Å²) >= 11 is 9.37. The minimum absolute atomic E-state index is 0.0378. The number of tetrazole rings is 1. The van der Waals surface area contributed by atoms with Crippen molar-refractivity contribution in [1.82, 2.24) is 20.2 Å². The van der Waals surface area contributed by atoms with E-state index in [1.165, 1.54) is 6.07 Å². The van der Waals surface area contributed by atoms with Crippen molar-refractivity contribution in [2.75, 3.05) is 5.32 Å². The smallest absolute Gasteiger partial charge is 0.243 e. The first kappa shape index (κ1) is 15.5. The molecule has 0 amide bonds. The number of benzene rings is 2. The van der Waals surface area contributed by atoms with Gasteiger partial charge in [0.05, 0.1) is 12.1 Å². The van der Waals surface area contributed by atoms with Gasteiger partial charge >= 0.3 is 0 Å². The second-order valence-corrected chi connectivity index (χ2v) is 6.96. The molecule has 2 heterocycles. The number of fused-ring (bicyclic) bond motifs is 1. The Morgan fingerprint density at radius 3 is 2.79 bits per heavy atom. The second kappa shape index (κ2) is 6.14. The van der Waals surface area contributed by atoms with Gasteiger partial charge in [0.15, 0.2) is 0 Å². The van der Waals surface area contributed by atoms with E-state index in [0.29, 0.717) is 23.0 Å². The van der Waals surface area contributed by atoms with E-state index in [4.69, 9.17) is 11.6 Å². The Bertz CT molecular complexity index is 882. The number of rotatable bonds is 2. The SMILES string of the molecule is Fc1ccc(Br)cc1[C@@H]1C[C@@H](c2ccc(Cl)cc2)Nc2nnnn21. The molecule has 4 rings (SSSR count). The molecule has 1 aliphatic heterocycles. The monoisotopic (exact) mass is 407 g/mol. The van der Waals surface area contributed by atoms with Gasteiger partial charge in [-0.05, 0) is 52.7 Å². The molecule has 0 saturated carbocycles. The zero-order valence-corrected chi connectivity index (χ0v) is 14.7. The number of halogens is 3. The normalized spacial score (nSPS) is 19.6. The van der Waals surface area contributed by atoms with E-state index in [2.05, 4.69) is 36.8 Å². The lowest BCUT2D eigenvalue weighted by Gasteiger charge is -2.31. The lowest BCUT2D eigenvalue weighted by atomic mass is 9.93. The van der Waals surface area contributed by atoms with E-state index in [1.54, 1.807) is 16.8 Å². The molecule has 1 aromatic heterocycles. The third-order valence-electron chi connectivity index (χ3n) is 4.14. The van der Waals surface area contributed by atoms with Crippen LogP contribution in [-0.4, -0.2) is 20.2 Å². The number of hydrogen-bond acceptors (Lipinski definition) is 4. The van der Waals surface area contributed by atoms with Crippen molar-refractivity contribution in [2.45, 2.75) is 18.5 Å². The summed E-state index contributed by atoms with van der Waals surface area (Å²) in [6, 6.07) is 12.1. The third-order valence-corrected chi connectivity index (χ3v) is 4.88. The summed E-state index contributed by atoms with van der Waals surface area (Å²) in [5, 5.41) is 15.7. The molecule has 0 fully saturated rings. The molecule has 0 radical (unpaired) electrons. The van der Waals surface area contributed by atoms with Crippen molar-refractivity contribution < 1.29 is 4.39 Å². The highest BCUT2D eigenvalue weighted by atomic mass is 79.9. The Hall–Kier alpha value is -1.99. The predicted octanol–water partition coefficient (Wildman–Crippen LogP) is 4.37. The average Bonchev–Trinajstić information content (AvgIpc) is 3.05. The van der Waals surface area contributed by atoms with Crippen LogP contribution < -0.4 is 5.32 Å². The van der Waals surface area contributed by atoms with E-state index in [-0.39, 0.29) is 17.9 Å². The maximum Gasteiger partial charge on any atom is 0.243 e. The van der Waals surface area contributed by atoms with Crippen molar-refractivity contribution in [3.63, 3.8) is 0 Å². The average molecular weight is 409 g/mol. The predicted molar refractivity (Wildman–Crippen MR) is 92.5 cm³/mol. The Balaban J connectivity index is 1.76. The maximum atomic E-state index is 14.4. The lowest BCUT2D eigenvalue weighted by molar-refractivity contribution is 0.409. The van der Waals surface area contributed by atoms with E-state index >= 15 is 0 Å². The molecule has 0 saturated heterocycles. The standard InChI is InChI=1S/C16H12BrClFN5/c17-10-3-6-13(19)12(7-10)15-8-14(9-1-4-11(18)5-2-9)20-16-21-22-23-24(15)16/h1-7,14-15H,8H2,(H,20,21,23)/t14-,15-/m0/s1. The molecular formula is C16H12BrClFN5. The minimum Gasteiger partial charge on any atom is -0.346 e. The summed E-state index contributed by atoms with van der Waals surface area (Å²) < 4.78 is 16.8. The topological polar surface area (TPSA) is 55.6 Å². The zero-order chi connectivity index (χ0) is 16.7. The fourth-order valence-electron chi connectivity index (χ4n) is 2.98. The molecule has 5 nitrogen and oxygen atoms in total. The molecular weight excluding hydrogens is 397 g/mol. The highest BCUT2D eigenvalue weighted by Gasteiger charge is 2.32. The van der Waals surface area contributed by atoms with Gasteiger partial charge in [-0.25, -0.2) is 9.07 Å². The highest BCUT2D eigenvalue weighted by molar-refractivity contribution is 9.10. The van der Waals surface area contributed by atoms with Gasteiger partial charge in [0, 0.05) is 15.1 Å². The maximum absolute atomic E-state index is 14.4. The molecule has 122 valence electrons. The van der Waals surface area contributed by atoms with Crippen LogP contribution in [0, 0.1) is 5.82 Å². The number of aromatic nitrogens is 4. The summed E-state index contributed by atoms with van der Waals surface area (Å²) in [4.78, 5) is 0. The van der Waals surface area contributed by atoms with Gasteiger partial charge in [-0.15, -0.1) is 0 Å². The summed E-state index contributed by atoms with van der Waals surface area (Å²) in [6.45, 7) is 0. The van der Waals surface area contributed by atoms with Crippen LogP contribution in [-0.2, 0) is 0 Å². The van der Waals surface area contributed by atoms with Crippen LogP contribution in [0.2, 0.25) is 5.02 Å². The Kier molecular flexibility index (Phi) is 3.97. The molecule has 3 aromatic rings. The van der Waals surface area contributed by atoms with E-state index in [9.17, 15) is 4.39 Å². The van der Waals surface area contributed by atoms with E-state index in [0.717, 1.165) is 10.0 Å². The number of hydrogen-bond donors (Lipinski definition) is 1. The van der Waals surface area contributed by atoms with E-state index < -0.39 is 0 Å². The molecule has 1 aliphatic rings. The summed E-state index contributed by atoms with van der Waals surface area (Å²) in [6.07, 6.45) is 0.618. The number of nitrogens with zero attached hydrogens (tertiary/aromatic N) is 4. The molecule has 2 atom stereocenters. The molecule has 0 bridgehead atoms. The first-order valence-corrected chi connectivity index (χ1v) is 8.54. The van der Waals surface area contributed by atoms with Crippen LogP contribution in [0.5, 0.6) is 0 Å². The number of nitrogens with one attached hydrogen (secondary N) is 1. The van der Waals surface area contributed by atoms with Crippen molar-refractivity contribution in [3.8, 4) is 0 Å². The molecule has 8 heteroatoms. The van der Waals surface area contributed by atoms with Crippen LogP contribution in [0.1, 0.15) is 29.6 Å². The van der Waals surface area contributed by atoms with Crippen LogP contribution in [0.25, 0.3) is 0 Å². The van der Waals surface area contributed by atoms with Gasteiger partial charge in [-0.1, -0.05) is 44.8 Å². The molecule has 0 unspecified atom stereocenters. The van der Waals surface area contributed by atoms with Gasteiger partial charge in [0.25, 0.3) is 0 Å². The van der Waals surface area contributed by atoms with Crippen molar-refractivity contribution in [1.29, 1.82) is 0 Å². The first-order chi connectivity index (χ1) is 11.6. The lowest BCUT2D eigenvalue weighted by Crippen LogP contribution is -2.28. The largest absolute Gasteiger partial charge is 0.346 e. The molecule has 2 aromatic carbocycles. The molecule has 1 N–H and O–H groups in total. The van der Waals surface area contributed by atoms with Crippen LogP contribution in [0.15, 0.2) is 46.9 Å². The molecule has 24 heavy (non-hydrogen) atoms. The third kappa shape index (κ3) is 2.78. The highest BCUT2D eigenvalue weighted by Crippen LogP contribution is 2.38. The van der Waals surface area contributed by atoms with Crippen LogP contribution in [0.3, 0.4) is 0 Å². The summed E-state index contributed by atoms with van der Waals surface area (Å²) in [5.74, 6) is 0.243. The zero-order valence-electron chi connectivity index (χ0n) is 12.3. The summed E-state index contributed by atoms with van der Waals surface area (Å²) in [7, 11) is 0. The van der Waals surface area contributed by atoms with Crippen LogP contribution in [0.4, 0.5) is 10.3 Å². The van der Waals surface area contributed by atoms with Crippen molar-refractivity contribution in [2.24, 2.45) is 0 Å². The molecule has 0 aliphatic carbocycles. The molecule has 0 spiro atoms. The Morgan fingerprint density at radius 2 is 2.00 bits per heavy atom. The Labute approximate surface area is 151 Å². The van der Waals surface area contributed by atoms with Gasteiger partial charge in [-0.3, -0.25) is 0 Å². The summed E-state index contributed by atoms with van der Waals surface area (Å²) in [5.41, 5.74) is 1.60. The van der Waals surface area contributed by atoms with Gasteiger partial charge in [0.2, 0.25) is 5.95 Å². The minimum atomic E-state index is -0.297. The fourth-order valence-corrected chi connectivity index (χ4v) is 3.48. The van der Waals surface area contributed by atoms with Crippen molar-refractivity contribution >= 4 is 33.5 Å². The van der Waals surface area contributed by atoms with Gasteiger partial charge in [0.1, 0.15) is 5.82 Å². The van der Waals surface area contributed by atoms with E-state index in [1.807, 2.05) is 24.3 Å². The first-order valence-electron chi connectivity index (χ1n) is 7.36. The van der Waals surface area contributed by atoms with Crippen molar-refractivity contribution in [3.05, 3.63) is 68.9 Å². The van der Waals surface area contributed by atoms with Crippen LogP contribution >= 0.6 is 27.5 Å². The Morgan fingerprint density at radius 1 is 1.21 bits per heavy atom. The fraction of sp³-hybridized carbons (Fsp3) is 0.188. The van der Waals surface area contributed by atoms with Gasteiger partial charge in [-0.2, -0.15) is 0 Å². The number of anilines is 1. The second-order valence-electron chi connectivity index (χ2n) is 5.61. The van der Waals surface area contributed by atoms with Gasteiger partial charge < -0.3 is 5.32 Å².